The molecule has 0 aromatic carbocycles. The number of rotatable bonds is 6. The smallest absolute Gasteiger partial charge is 0.301 e. The first-order chi connectivity index (χ1) is 7.56. The van der Waals surface area contributed by atoms with E-state index in [1.807, 2.05) is 0 Å². The van der Waals surface area contributed by atoms with Crippen LogP contribution >= 0.6 is 0 Å². The van der Waals surface area contributed by atoms with Gasteiger partial charge in [0.15, 0.2) is 0 Å². The molecule has 0 aliphatic heterocycles. The molecule has 1 aromatic heterocycles. The second kappa shape index (κ2) is 5.78. The minimum Gasteiger partial charge on any atom is -0.396 e. The number of anilines is 1. The van der Waals surface area contributed by atoms with Crippen molar-refractivity contribution in [3.63, 3.8) is 0 Å². The maximum atomic E-state index is 11.7. The highest BCUT2D eigenvalue weighted by Gasteiger charge is 2.16. The molecule has 0 saturated heterocycles. The Kier molecular flexibility index (Phi) is 4.66. The zero-order chi connectivity index (χ0) is 12.0. The van der Waals surface area contributed by atoms with Crippen molar-refractivity contribution >= 4 is 15.9 Å². The fourth-order valence-corrected chi connectivity index (χ4v) is 2.02. The van der Waals surface area contributed by atoms with E-state index in [0.29, 0.717) is 12.1 Å². The van der Waals surface area contributed by atoms with Crippen molar-refractivity contribution in [3.8, 4) is 0 Å². The summed E-state index contributed by atoms with van der Waals surface area (Å²) in [5, 5.41) is 8.62. The summed E-state index contributed by atoms with van der Waals surface area (Å²) in [5.41, 5.74) is 0.464. The predicted molar refractivity (Wildman–Crippen MR) is 61.1 cm³/mol. The Balaban J connectivity index is 2.65. The van der Waals surface area contributed by atoms with Crippen molar-refractivity contribution in [1.82, 2.24) is 9.29 Å². The maximum absolute atomic E-state index is 11.7. The van der Waals surface area contributed by atoms with E-state index in [0.717, 1.165) is 4.31 Å². The molecule has 1 heterocycles. The third-order valence-electron chi connectivity index (χ3n) is 1.97. The number of hydrogen-bond donors (Lipinski definition) is 2. The highest BCUT2D eigenvalue weighted by atomic mass is 32.2. The number of aliphatic hydroxyl groups is 1. The highest BCUT2D eigenvalue weighted by Crippen LogP contribution is 2.08. The molecule has 90 valence electrons. The molecule has 0 amide bonds. The summed E-state index contributed by atoms with van der Waals surface area (Å²) >= 11 is 0. The molecule has 16 heavy (non-hydrogen) atoms. The second-order valence-corrected chi connectivity index (χ2v) is 5.02. The van der Waals surface area contributed by atoms with Crippen LogP contribution in [0.4, 0.5) is 5.69 Å². The van der Waals surface area contributed by atoms with E-state index < -0.39 is 10.2 Å². The van der Waals surface area contributed by atoms with Crippen LogP contribution in [0.2, 0.25) is 0 Å². The lowest BCUT2D eigenvalue weighted by atomic mass is 10.4. The Bertz CT molecular complexity index is 407. The van der Waals surface area contributed by atoms with Gasteiger partial charge in [0.05, 0.1) is 5.69 Å². The fraction of sp³-hybridized carbons (Fsp3) is 0.444. The van der Waals surface area contributed by atoms with Crippen LogP contribution < -0.4 is 4.72 Å². The number of aliphatic hydroxyl groups excluding tert-OH is 1. The molecule has 0 saturated carbocycles. The van der Waals surface area contributed by atoms with Gasteiger partial charge in [0, 0.05) is 32.6 Å². The van der Waals surface area contributed by atoms with E-state index in [-0.39, 0.29) is 13.2 Å². The fourth-order valence-electron chi connectivity index (χ4n) is 1.06. The van der Waals surface area contributed by atoms with E-state index in [9.17, 15) is 8.42 Å². The summed E-state index contributed by atoms with van der Waals surface area (Å²) in [7, 11) is -2.08. The van der Waals surface area contributed by atoms with Gasteiger partial charge in [-0.05, 0) is 18.6 Å². The lowest BCUT2D eigenvalue weighted by molar-refractivity contribution is 0.276. The predicted octanol–water partition coefficient (Wildman–Crippen LogP) is 0.0525. The molecule has 0 atom stereocenters. The van der Waals surface area contributed by atoms with Crippen LogP contribution in [0, 0.1) is 0 Å². The molecule has 0 aliphatic carbocycles. The van der Waals surface area contributed by atoms with Crippen molar-refractivity contribution in [1.29, 1.82) is 0 Å². The van der Waals surface area contributed by atoms with Gasteiger partial charge >= 0.3 is 10.2 Å². The van der Waals surface area contributed by atoms with E-state index in [4.69, 9.17) is 5.11 Å². The summed E-state index contributed by atoms with van der Waals surface area (Å²) in [4.78, 5) is 3.79. The van der Waals surface area contributed by atoms with Crippen LogP contribution in [-0.4, -0.2) is 43.0 Å². The molecule has 7 heteroatoms. The van der Waals surface area contributed by atoms with Crippen LogP contribution in [0.1, 0.15) is 6.42 Å². The summed E-state index contributed by atoms with van der Waals surface area (Å²) < 4.78 is 27.0. The third kappa shape index (κ3) is 3.76. The molecule has 0 radical (unpaired) electrons. The first-order valence-electron chi connectivity index (χ1n) is 4.81. The molecule has 0 aliphatic rings. The first-order valence-corrected chi connectivity index (χ1v) is 6.25. The van der Waals surface area contributed by atoms with Gasteiger partial charge in [0.2, 0.25) is 0 Å². The van der Waals surface area contributed by atoms with Crippen molar-refractivity contribution in [2.75, 3.05) is 24.9 Å². The van der Waals surface area contributed by atoms with Crippen LogP contribution in [0.25, 0.3) is 0 Å². The Morgan fingerprint density at radius 2 is 2.06 bits per heavy atom. The second-order valence-electron chi connectivity index (χ2n) is 3.24. The summed E-state index contributed by atoms with van der Waals surface area (Å²) in [6.07, 6.45) is 3.42. The van der Waals surface area contributed by atoms with Crippen molar-refractivity contribution in [3.05, 3.63) is 24.5 Å². The van der Waals surface area contributed by atoms with Crippen molar-refractivity contribution < 1.29 is 13.5 Å². The molecular weight excluding hydrogens is 230 g/mol. The average Bonchev–Trinajstić information content (AvgIpc) is 2.26. The Hall–Kier alpha value is -1.18. The Morgan fingerprint density at radius 1 is 1.44 bits per heavy atom. The van der Waals surface area contributed by atoms with Gasteiger partial charge in [-0.25, -0.2) is 0 Å². The molecular formula is C9H15N3O3S. The number of aromatic nitrogens is 1. The van der Waals surface area contributed by atoms with E-state index in [1.165, 1.54) is 19.4 Å². The molecule has 0 spiro atoms. The van der Waals surface area contributed by atoms with Crippen LogP contribution in [0.3, 0.4) is 0 Å². The van der Waals surface area contributed by atoms with E-state index >= 15 is 0 Å². The van der Waals surface area contributed by atoms with Gasteiger partial charge in [-0.15, -0.1) is 0 Å². The van der Waals surface area contributed by atoms with Gasteiger partial charge in [-0.1, -0.05) is 0 Å². The quantitative estimate of drug-likeness (QED) is 0.742. The zero-order valence-electron chi connectivity index (χ0n) is 9.00. The minimum absolute atomic E-state index is 0.0326. The van der Waals surface area contributed by atoms with Gasteiger partial charge in [0.1, 0.15) is 0 Å². The summed E-state index contributed by atoms with van der Waals surface area (Å²) in [6.45, 7) is 0.242. The standard InChI is InChI=1S/C9H15N3O3S/c1-12(7-2-8-13)16(14,15)11-9-3-5-10-6-4-9/h3-6,13H,2,7-8H2,1H3,(H,10,11). The average molecular weight is 245 g/mol. The number of hydrogen-bond acceptors (Lipinski definition) is 4. The minimum atomic E-state index is -3.54. The molecule has 1 rings (SSSR count). The van der Waals surface area contributed by atoms with Crippen molar-refractivity contribution in [2.24, 2.45) is 0 Å². The van der Waals surface area contributed by atoms with E-state index in [1.54, 1.807) is 12.1 Å². The van der Waals surface area contributed by atoms with Crippen LogP contribution in [0.15, 0.2) is 24.5 Å². The normalized spacial score (nSPS) is 11.7. The molecule has 6 nitrogen and oxygen atoms in total. The molecule has 2 N–H and O–H groups in total. The third-order valence-corrected chi connectivity index (χ3v) is 3.47. The largest absolute Gasteiger partial charge is 0.396 e. The zero-order valence-corrected chi connectivity index (χ0v) is 9.81. The van der Waals surface area contributed by atoms with Gasteiger partial charge in [-0.3, -0.25) is 9.71 Å². The van der Waals surface area contributed by atoms with Crippen molar-refractivity contribution in [2.45, 2.75) is 6.42 Å². The lowest BCUT2D eigenvalue weighted by Crippen LogP contribution is -2.33. The summed E-state index contributed by atoms with van der Waals surface area (Å²) in [6, 6.07) is 3.13. The van der Waals surface area contributed by atoms with Gasteiger partial charge < -0.3 is 5.11 Å². The van der Waals surface area contributed by atoms with E-state index in [2.05, 4.69) is 9.71 Å². The lowest BCUT2D eigenvalue weighted by Gasteiger charge is -2.17. The Morgan fingerprint density at radius 3 is 2.62 bits per heavy atom. The SMILES string of the molecule is CN(CCCO)S(=O)(=O)Nc1ccncc1. The molecule has 0 bridgehead atoms. The number of pyridine rings is 1. The van der Waals surface area contributed by atoms with Gasteiger partial charge in [0.25, 0.3) is 0 Å². The van der Waals surface area contributed by atoms with Gasteiger partial charge in [-0.2, -0.15) is 12.7 Å². The van der Waals surface area contributed by atoms with Crippen LogP contribution in [-0.2, 0) is 10.2 Å². The Labute approximate surface area is 95.1 Å². The summed E-state index contributed by atoms with van der Waals surface area (Å²) in [5.74, 6) is 0. The monoisotopic (exact) mass is 245 g/mol. The maximum Gasteiger partial charge on any atom is 0.301 e. The molecule has 1 aromatic rings. The van der Waals surface area contributed by atoms with Crippen LogP contribution in [0.5, 0.6) is 0 Å². The number of nitrogens with one attached hydrogen (secondary N) is 1. The topological polar surface area (TPSA) is 82.5 Å². The highest BCUT2D eigenvalue weighted by molar-refractivity contribution is 7.90. The molecule has 0 unspecified atom stereocenters. The molecule has 0 fully saturated rings. The first kappa shape index (κ1) is 12.9. The number of nitrogens with zero attached hydrogens (tertiary/aromatic N) is 2.